The molecule has 1 saturated heterocycles. The molecule has 0 aromatic heterocycles. The summed E-state index contributed by atoms with van der Waals surface area (Å²) in [7, 11) is 0. The molecule has 2 rings (SSSR count). The first-order chi connectivity index (χ1) is 9.51. The fraction of sp³-hybridized carbons (Fsp3) is 0.562. The number of carboxylic acids is 1. The minimum Gasteiger partial charge on any atom is -0.478 e. The lowest BCUT2D eigenvalue weighted by atomic mass is 9.74. The van der Waals surface area contributed by atoms with Crippen molar-refractivity contribution in [3.8, 4) is 0 Å². The lowest BCUT2D eigenvalue weighted by Crippen LogP contribution is -2.40. The number of carbonyl (C=O) groups is 1. The van der Waals surface area contributed by atoms with Crippen LogP contribution < -0.4 is 10.6 Å². The van der Waals surface area contributed by atoms with Crippen molar-refractivity contribution in [2.24, 2.45) is 5.41 Å². The number of piperidine rings is 1. The molecule has 0 bridgehead atoms. The van der Waals surface area contributed by atoms with Crippen LogP contribution >= 0.6 is 0 Å². The lowest BCUT2D eigenvalue weighted by molar-refractivity contribution is 0.0697. The van der Waals surface area contributed by atoms with Gasteiger partial charge >= 0.3 is 5.97 Å². The van der Waals surface area contributed by atoms with E-state index in [4.69, 9.17) is 10.8 Å². The molecule has 1 aromatic rings. The Bertz CT molecular complexity index is 485. The normalized spacial score (nSPS) is 18.0. The highest BCUT2D eigenvalue weighted by atomic mass is 16.4. The van der Waals surface area contributed by atoms with Crippen molar-refractivity contribution >= 4 is 17.3 Å². The average Bonchev–Trinajstić information content (AvgIpc) is 2.48. The fourth-order valence-electron chi connectivity index (χ4n) is 3.13. The van der Waals surface area contributed by atoms with Gasteiger partial charge in [0.15, 0.2) is 0 Å². The van der Waals surface area contributed by atoms with Crippen LogP contribution in [0.5, 0.6) is 0 Å². The molecule has 1 aromatic carbocycles. The Balaban J connectivity index is 2.18. The van der Waals surface area contributed by atoms with E-state index in [-0.39, 0.29) is 0 Å². The summed E-state index contributed by atoms with van der Waals surface area (Å²) in [5.41, 5.74) is 8.30. The van der Waals surface area contributed by atoms with Gasteiger partial charge in [-0.3, -0.25) is 0 Å². The second-order valence-corrected chi connectivity index (χ2v) is 5.77. The molecule has 3 N–H and O–H groups in total. The van der Waals surface area contributed by atoms with Gasteiger partial charge in [-0.1, -0.05) is 26.7 Å². The van der Waals surface area contributed by atoms with Crippen LogP contribution in [0.3, 0.4) is 0 Å². The van der Waals surface area contributed by atoms with Crippen molar-refractivity contribution in [2.45, 2.75) is 39.5 Å². The molecule has 4 heteroatoms. The fourth-order valence-corrected chi connectivity index (χ4v) is 3.13. The quantitative estimate of drug-likeness (QED) is 0.827. The maximum Gasteiger partial charge on any atom is 0.335 e. The van der Waals surface area contributed by atoms with Crippen LogP contribution in [-0.4, -0.2) is 24.2 Å². The van der Waals surface area contributed by atoms with Crippen molar-refractivity contribution in [1.82, 2.24) is 0 Å². The van der Waals surface area contributed by atoms with Gasteiger partial charge in [0.2, 0.25) is 0 Å². The minimum absolute atomic E-state index is 0.303. The number of nitrogen functional groups attached to an aromatic ring is 1. The van der Waals surface area contributed by atoms with Crippen LogP contribution in [-0.2, 0) is 0 Å². The number of nitrogens with zero attached hydrogens (tertiary/aromatic N) is 1. The van der Waals surface area contributed by atoms with Gasteiger partial charge in [-0.2, -0.15) is 0 Å². The molecule has 0 atom stereocenters. The van der Waals surface area contributed by atoms with Crippen molar-refractivity contribution in [3.63, 3.8) is 0 Å². The van der Waals surface area contributed by atoms with E-state index in [0.717, 1.165) is 31.6 Å². The van der Waals surface area contributed by atoms with E-state index in [1.807, 2.05) is 0 Å². The smallest absolute Gasteiger partial charge is 0.335 e. The Morgan fingerprint density at radius 2 is 1.90 bits per heavy atom. The second-order valence-electron chi connectivity index (χ2n) is 5.77. The van der Waals surface area contributed by atoms with E-state index < -0.39 is 5.97 Å². The molecule has 0 radical (unpaired) electrons. The Hall–Kier alpha value is -1.71. The molecule has 0 aliphatic carbocycles. The number of hydrogen-bond acceptors (Lipinski definition) is 3. The number of benzene rings is 1. The maximum atomic E-state index is 11.1. The predicted molar refractivity (Wildman–Crippen MR) is 82.3 cm³/mol. The summed E-state index contributed by atoms with van der Waals surface area (Å²) < 4.78 is 0. The molecule has 20 heavy (non-hydrogen) atoms. The first-order valence-electron chi connectivity index (χ1n) is 7.39. The number of hydrogen-bond donors (Lipinski definition) is 2. The number of anilines is 2. The summed E-state index contributed by atoms with van der Waals surface area (Å²) in [6.07, 6.45) is 4.72. The molecular weight excluding hydrogens is 252 g/mol. The van der Waals surface area contributed by atoms with Gasteiger partial charge in [-0.15, -0.1) is 0 Å². The van der Waals surface area contributed by atoms with Gasteiger partial charge in [0.25, 0.3) is 0 Å². The molecule has 0 amide bonds. The van der Waals surface area contributed by atoms with Crippen LogP contribution in [0.15, 0.2) is 18.2 Å². The summed E-state index contributed by atoms with van der Waals surface area (Å²) >= 11 is 0. The third-order valence-corrected chi connectivity index (χ3v) is 4.94. The molecule has 0 spiro atoms. The van der Waals surface area contributed by atoms with Crippen molar-refractivity contribution in [3.05, 3.63) is 23.8 Å². The van der Waals surface area contributed by atoms with E-state index in [2.05, 4.69) is 18.7 Å². The largest absolute Gasteiger partial charge is 0.478 e. The predicted octanol–water partition coefficient (Wildman–Crippen LogP) is 3.37. The number of carboxylic acid groups (broad SMARTS) is 1. The standard InChI is InChI=1S/C16H24N2O2/c1-3-16(4-2)7-9-18(10-8-16)14-11-12(15(19)20)5-6-13(14)17/h5-6,11H,3-4,7-10,17H2,1-2H3,(H,19,20). The first-order valence-corrected chi connectivity index (χ1v) is 7.39. The van der Waals surface area contributed by atoms with Crippen molar-refractivity contribution in [1.29, 1.82) is 0 Å². The molecule has 1 heterocycles. The lowest BCUT2D eigenvalue weighted by Gasteiger charge is -2.42. The minimum atomic E-state index is -0.903. The Kier molecular flexibility index (Phi) is 4.21. The van der Waals surface area contributed by atoms with Crippen LogP contribution in [0, 0.1) is 5.41 Å². The number of aromatic carboxylic acids is 1. The van der Waals surface area contributed by atoms with E-state index >= 15 is 0 Å². The summed E-state index contributed by atoms with van der Waals surface area (Å²) in [6.45, 7) is 6.43. The van der Waals surface area contributed by atoms with Gasteiger partial charge in [0.1, 0.15) is 0 Å². The van der Waals surface area contributed by atoms with Crippen molar-refractivity contribution < 1.29 is 9.90 Å². The van der Waals surface area contributed by atoms with Crippen LogP contribution in [0.1, 0.15) is 49.9 Å². The molecule has 1 aliphatic heterocycles. The Morgan fingerprint density at radius 1 is 1.30 bits per heavy atom. The highest BCUT2D eigenvalue weighted by Crippen LogP contribution is 2.40. The van der Waals surface area contributed by atoms with Gasteiger partial charge in [-0.05, 0) is 36.5 Å². The van der Waals surface area contributed by atoms with Gasteiger partial charge in [0.05, 0.1) is 16.9 Å². The Labute approximate surface area is 120 Å². The average molecular weight is 276 g/mol. The molecule has 1 aliphatic rings. The van der Waals surface area contributed by atoms with Crippen LogP contribution in [0.25, 0.3) is 0 Å². The highest BCUT2D eigenvalue weighted by molar-refractivity contribution is 5.90. The maximum absolute atomic E-state index is 11.1. The molecular formula is C16H24N2O2. The van der Waals surface area contributed by atoms with E-state index in [1.165, 1.54) is 12.8 Å². The van der Waals surface area contributed by atoms with Crippen molar-refractivity contribution in [2.75, 3.05) is 23.7 Å². The summed E-state index contributed by atoms with van der Waals surface area (Å²) in [5, 5.41) is 9.10. The van der Waals surface area contributed by atoms with Gasteiger partial charge in [-0.25, -0.2) is 4.79 Å². The first kappa shape index (κ1) is 14.7. The van der Waals surface area contributed by atoms with Gasteiger partial charge in [0, 0.05) is 13.1 Å². The summed E-state index contributed by atoms with van der Waals surface area (Å²) in [4.78, 5) is 13.3. The molecule has 1 fully saturated rings. The highest BCUT2D eigenvalue weighted by Gasteiger charge is 2.31. The van der Waals surface area contributed by atoms with E-state index in [1.54, 1.807) is 18.2 Å². The zero-order valence-corrected chi connectivity index (χ0v) is 12.4. The summed E-state index contributed by atoms with van der Waals surface area (Å²) in [5.74, 6) is -0.903. The zero-order valence-electron chi connectivity index (χ0n) is 12.4. The number of nitrogens with two attached hydrogens (primary N) is 1. The third kappa shape index (κ3) is 2.74. The van der Waals surface area contributed by atoms with E-state index in [9.17, 15) is 4.79 Å². The molecule has 0 saturated carbocycles. The zero-order chi connectivity index (χ0) is 14.8. The topological polar surface area (TPSA) is 66.6 Å². The molecule has 0 unspecified atom stereocenters. The van der Waals surface area contributed by atoms with E-state index in [0.29, 0.717) is 16.7 Å². The van der Waals surface area contributed by atoms with Gasteiger partial charge < -0.3 is 15.7 Å². The third-order valence-electron chi connectivity index (χ3n) is 4.94. The van der Waals surface area contributed by atoms with Crippen LogP contribution in [0.2, 0.25) is 0 Å². The second kappa shape index (κ2) is 5.73. The monoisotopic (exact) mass is 276 g/mol. The molecule has 4 nitrogen and oxygen atoms in total. The number of rotatable bonds is 4. The van der Waals surface area contributed by atoms with Crippen LogP contribution in [0.4, 0.5) is 11.4 Å². The molecule has 110 valence electrons. The summed E-state index contributed by atoms with van der Waals surface area (Å²) in [6, 6.07) is 4.95. The Morgan fingerprint density at radius 3 is 2.40 bits per heavy atom. The SMILES string of the molecule is CCC1(CC)CCN(c2cc(C(=O)O)ccc2N)CC1.